The fourth-order valence-electron chi connectivity index (χ4n) is 2.31. The van der Waals surface area contributed by atoms with Crippen LogP contribution in [0.5, 0.6) is 0 Å². The van der Waals surface area contributed by atoms with Crippen LogP contribution < -0.4 is 5.32 Å². The molecule has 1 aliphatic heterocycles. The van der Waals surface area contributed by atoms with Crippen LogP contribution in [0.25, 0.3) is 0 Å². The number of nitrogens with one attached hydrogen (secondary N) is 1. The van der Waals surface area contributed by atoms with Crippen molar-refractivity contribution in [3.63, 3.8) is 0 Å². The molecule has 1 aliphatic rings. The minimum atomic E-state index is -0.548. The summed E-state index contributed by atoms with van der Waals surface area (Å²) in [5.41, 5.74) is 0. The van der Waals surface area contributed by atoms with E-state index in [0.29, 0.717) is 25.5 Å². The Balaban J connectivity index is 1.94. The first-order valence-electron chi connectivity index (χ1n) is 6.85. The van der Waals surface area contributed by atoms with E-state index >= 15 is 0 Å². The van der Waals surface area contributed by atoms with Gasteiger partial charge in [-0.2, -0.15) is 0 Å². The molecule has 2 heterocycles. The number of furan rings is 1. The van der Waals surface area contributed by atoms with Gasteiger partial charge in [0.1, 0.15) is 11.8 Å². The summed E-state index contributed by atoms with van der Waals surface area (Å²) in [6.07, 6.45) is 1.56. The maximum absolute atomic E-state index is 12.2. The lowest BCUT2D eigenvalue weighted by atomic mass is 10.1. The van der Waals surface area contributed by atoms with Crippen molar-refractivity contribution in [2.24, 2.45) is 0 Å². The summed E-state index contributed by atoms with van der Waals surface area (Å²) in [6, 6.07) is 2.55. The molecule has 7 nitrogen and oxygen atoms in total. The first kappa shape index (κ1) is 15.5. The number of carbonyl (C=O) groups is 2. The average molecular weight is 296 g/mol. The summed E-state index contributed by atoms with van der Waals surface area (Å²) >= 11 is 0. The standard InChI is InChI=1S/C14H20N2O5/c1-10(13(17)15-8-11-4-3-6-21-11)16-5-7-20-9-12(16)14(18)19-2/h3-4,6,10,12H,5,7-9H2,1-2H3,(H,15,17). The number of amides is 1. The quantitative estimate of drug-likeness (QED) is 0.780. The van der Waals surface area contributed by atoms with E-state index in [-0.39, 0.29) is 18.5 Å². The summed E-state index contributed by atoms with van der Waals surface area (Å²) in [5, 5.41) is 2.79. The normalized spacial score (nSPS) is 20.8. The van der Waals surface area contributed by atoms with Gasteiger partial charge in [0.25, 0.3) is 0 Å². The number of hydrogen-bond acceptors (Lipinski definition) is 6. The van der Waals surface area contributed by atoms with Crippen molar-refractivity contribution < 1.29 is 23.5 Å². The fraction of sp³-hybridized carbons (Fsp3) is 0.571. The van der Waals surface area contributed by atoms with Crippen molar-refractivity contribution in [2.45, 2.75) is 25.6 Å². The van der Waals surface area contributed by atoms with E-state index in [2.05, 4.69) is 5.32 Å². The van der Waals surface area contributed by atoms with Crippen molar-refractivity contribution in [2.75, 3.05) is 26.9 Å². The summed E-state index contributed by atoms with van der Waals surface area (Å²) in [4.78, 5) is 25.8. The Hall–Kier alpha value is -1.86. The molecule has 0 bridgehead atoms. The zero-order chi connectivity index (χ0) is 15.2. The lowest BCUT2D eigenvalue weighted by molar-refractivity contribution is -0.156. The summed E-state index contributed by atoms with van der Waals surface area (Å²) in [6.45, 7) is 3.32. The predicted molar refractivity (Wildman–Crippen MR) is 73.3 cm³/mol. The molecule has 7 heteroatoms. The summed E-state index contributed by atoms with van der Waals surface area (Å²) < 4.78 is 15.2. The molecule has 1 saturated heterocycles. The molecule has 0 spiro atoms. The average Bonchev–Trinajstić information content (AvgIpc) is 3.04. The smallest absolute Gasteiger partial charge is 0.325 e. The minimum Gasteiger partial charge on any atom is -0.468 e. The Morgan fingerprint density at radius 3 is 3.05 bits per heavy atom. The van der Waals surface area contributed by atoms with Gasteiger partial charge in [0.15, 0.2) is 0 Å². The lowest BCUT2D eigenvalue weighted by Crippen LogP contribution is -2.57. The third kappa shape index (κ3) is 3.83. The first-order chi connectivity index (χ1) is 10.1. The van der Waals surface area contributed by atoms with Crippen LogP contribution in [-0.4, -0.2) is 55.7 Å². The second-order valence-electron chi connectivity index (χ2n) is 4.82. The van der Waals surface area contributed by atoms with E-state index in [0.717, 1.165) is 0 Å². The fourth-order valence-corrected chi connectivity index (χ4v) is 2.31. The van der Waals surface area contributed by atoms with Crippen LogP contribution in [0.15, 0.2) is 22.8 Å². The van der Waals surface area contributed by atoms with Crippen LogP contribution in [-0.2, 0) is 25.6 Å². The number of carbonyl (C=O) groups excluding carboxylic acids is 2. The maximum Gasteiger partial charge on any atom is 0.325 e. The Morgan fingerprint density at radius 2 is 2.38 bits per heavy atom. The molecule has 0 aromatic carbocycles. The third-order valence-electron chi connectivity index (χ3n) is 3.54. The monoisotopic (exact) mass is 296 g/mol. The largest absolute Gasteiger partial charge is 0.468 e. The number of methoxy groups -OCH3 is 1. The molecule has 1 fully saturated rings. The van der Waals surface area contributed by atoms with E-state index in [1.165, 1.54) is 7.11 Å². The number of esters is 1. The Labute approximate surface area is 123 Å². The zero-order valence-electron chi connectivity index (χ0n) is 12.2. The molecule has 0 saturated carbocycles. The van der Waals surface area contributed by atoms with Crippen molar-refractivity contribution in [3.05, 3.63) is 24.2 Å². The molecule has 2 atom stereocenters. The van der Waals surface area contributed by atoms with Crippen LogP contribution in [0.3, 0.4) is 0 Å². The van der Waals surface area contributed by atoms with Crippen LogP contribution in [0.2, 0.25) is 0 Å². The van der Waals surface area contributed by atoms with Crippen LogP contribution in [0.1, 0.15) is 12.7 Å². The second kappa shape index (κ2) is 7.24. The molecular weight excluding hydrogens is 276 g/mol. The van der Waals surface area contributed by atoms with Crippen molar-refractivity contribution in [3.8, 4) is 0 Å². The van der Waals surface area contributed by atoms with E-state index < -0.39 is 12.1 Å². The molecule has 2 unspecified atom stereocenters. The van der Waals surface area contributed by atoms with Gasteiger partial charge in [-0.1, -0.05) is 0 Å². The van der Waals surface area contributed by atoms with E-state index in [1.807, 2.05) is 0 Å². The number of morpholine rings is 1. The van der Waals surface area contributed by atoms with Crippen molar-refractivity contribution in [1.29, 1.82) is 0 Å². The topological polar surface area (TPSA) is 81.0 Å². The number of nitrogens with zero attached hydrogens (tertiary/aromatic N) is 1. The molecular formula is C14H20N2O5. The minimum absolute atomic E-state index is 0.165. The van der Waals surface area contributed by atoms with Crippen LogP contribution >= 0.6 is 0 Å². The van der Waals surface area contributed by atoms with E-state index in [9.17, 15) is 9.59 Å². The lowest BCUT2D eigenvalue weighted by Gasteiger charge is -2.37. The Bertz CT molecular complexity index is 474. The molecule has 2 rings (SSSR count). The molecule has 116 valence electrons. The van der Waals surface area contributed by atoms with Crippen molar-refractivity contribution in [1.82, 2.24) is 10.2 Å². The Morgan fingerprint density at radius 1 is 1.57 bits per heavy atom. The van der Waals surface area contributed by atoms with E-state index in [1.54, 1.807) is 30.2 Å². The number of rotatable bonds is 5. The second-order valence-corrected chi connectivity index (χ2v) is 4.82. The molecule has 1 aromatic heterocycles. The third-order valence-corrected chi connectivity index (χ3v) is 3.54. The van der Waals surface area contributed by atoms with Gasteiger partial charge in [-0.25, -0.2) is 0 Å². The molecule has 1 N–H and O–H groups in total. The van der Waals surface area contributed by atoms with Crippen LogP contribution in [0, 0.1) is 0 Å². The van der Waals surface area contributed by atoms with Crippen LogP contribution in [0.4, 0.5) is 0 Å². The zero-order valence-corrected chi connectivity index (χ0v) is 12.2. The Kier molecular flexibility index (Phi) is 5.35. The molecule has 1 amide bonds. The maximum atomic E-state index is 12.2. The highest BCUT2D eigenvalue weighted by Gasteiger charge is 2.35. The van der Waals surface area contributed by atoms with Gasteiger partial charge < -0.3 is 19.2 Å². The van der Waals surface area contributed by atoms with Gasteiger partial charge in [-0.3, -0.25) is 14.5 Å². The van der Waals surface area contributed by atoms with Gasteiger partial charge in [-0.15, -0.1) is 0 Å². The first-order valence-corrected chi connectivity index (χ1v) is 6.85. The van der Waals surface area contributed by atoms with Gasteiger partial charge in [-0.05, 0) is 19.1 Å². The molecule has 1 aromatic rings. The highest BCUT2D eigenvalue weighted by atomic mass is 16.5. The van der Waals surface area contributed by atoms with Crippen molar-refractivity contribution >= 4 is 11.9 Å². The highest BCUT2D eigenvalue weighted by Crippen LogP contribution is 2.13. The van der Waals surface area contributed by atoms with Gasteiger partial charge in [0.05, 0.1) is 39.2 Å². The highest BCUT2D eigenvalue weighted by molar-refractivity contribution is 5.83. The molecule has 21 heavy (non-hydrogen) atoms. The predicted octanol–water partition coefficient (Wildman–Crippen LogP) is 0.158. The van der Waals surface area contributed by atoms with Gasteiger partial charge in [0, 0.05) is 6.54 Å². The molecule has 0 aliphatic carbocycles. The van der Waals surface area contributed by atoms with E-state index in [4.69, 9.17) is 13.9 Å². The number of hydrogen-bond donors (Lipinski definition) is 1. The van der Waals surface area contributed by atoms with Gasteiger partial charge in [0.2, 0.25) is 5.91 Å². The number of ether oxygens (including phenoxy) is 2. The summed E-state index contributed by atoms with van der Waals surface area (Å²) in [7, 11) is 1.33. The van der Waals surface area contributed by atoms with Gasteiger partial charge >= 0.3 is 5.97 Å². The summed E-state index contributed by atoms with van der Waals surface area (Å²) in [5.74, 6) is 0.129. The SMILES string of the molecule is COC(=O)C1COCCN1C(C)C(=O)NCc1ccco1. The molecule has 0 radical (unpaired) electrons.